The SMILES string of the molecule is CN1CCNCC1.Nc1ccncc1. The van der Waals surface area contributed by atoms with Gasteiger partial charge in [-0.1, -0.05) is 0 Å². The van der Waals surface area contributed by atoms with Gasteiger partial charge in [0, 0.05) is 44.3 Å². The molecule has 0 aliphatic carbocycles. The van der Waals surface area contributed by atoms with Crippen LogP contribution in [-0.4, -0.2) is 43.1 Å². The summed E-state index contributed by atoms with van der Waals surface area (Å²) >= 11 is 0. The summed E-state index contributed by atoms with van der Waals surface area (Å²) < 4.78 is 0. The van der Waals surface area contributed by atoms with Crippen LogP contribution in [0.1, 0.15) is 0 Å². The summed E-state index contributed by atoms with van der Waals surface area (Å²) in [6, 6.07) is 3.50. The Kier molecular flexibility index (Phi) is 4.96. The zero-order valence-electron chi connectivity index (χ0n) is 8.61. The lowest BCUT2D eigenvalue weighted by Gasteiger charge is -2.21. The highest BCUT2D eigenvalue weighted by Gasteiger charge is 2.01. The van der Waals surface area contributed by atoms with E-state index in [9.17, 15) is 0 Å². The van der Waals surface area contributed by atoms with Crippen LogP contribution in [0.5, 0.6) is 0 Å². The van der Waals surface area contributed by atoms with Crippen molar-refractivity contribution >= 4 is 5.69 Å². The van der Waals surface area contributed by atoms with Gasteiger partial charge in [-0.05, 0) is 19.2 Å². The molecule has 1 aliphatic rings. The average Bonchev–Trinajstić information content (AvgIpc) is 2.21. The topological polar surface area (TPSA) is 54.2 Å². The zero-order valence-corrected chi connectivity index (χ0v) is 8.61. The molecule has 1 saturated heterocycles. The van der Waals surface area contributed by atoms with Crippen LogP contribution in [0.15, 0.2) is 24.5 Å². The minimum Gasteiger partial charge on any atom is -0.399 e. The normalized spacial score (nSPS) is 16.9. The molecular weight excluding hydrogens is 176 g/mol. The molecular formula is C10H18N4. The number of likely N-dealkylation sites (N-methyl/N-ethyl adjacent to an activating group) is 1. The fraction of sp³-hybridized carbons (Fsp3) is 0.500. The third-order valence-corrected chi connectivity index (χ3v) is 2.05. The first-order valence-corrected chi connectivity index (χ1v) is 4.84. The Morgan fingerprint density at radius 3 is 2.14 bits per heavy atom. The molecule has 2 rings (SSSR count). The molecule has 0 bridgehead atoms. The number of pyridine rings is 1. The van der Waals surface area contributed by atoms with Crippen molar-refractivity contribution in [3.8, 4) is 0 Å². The number of piperazine rings is 1. The van der Waals surface area contributed by atoms with Gasteiger partial charge in [0.05, 0.1) is 0 Å². The number of nitrogens with zero attached hydrogens (tertiary/aromatic N) is 2. The highest BCUT2D eigenvalue weighted by Crippen LogP contribution is 1.92. The van der Waals surface area contributed by atoms with Crippen LogP contribution in [0.2, 0.25) is 0 Å². The smallest absolute Gasteiger partial charge is 0.0344 e. The minimum absolute atomic E-state index is 0.759. The number of anilines is 1. The maximum absolute atomic E-state index is 5.32. The summed E-state index contributed by atoms with van der Waals surface area (Å²) in [5, 5.41) is 3.27. The van der Waals surface area contributed by atoms with E-state index in [2.05, 4.69) is 22.2 Å². The third kappa shape index (κ3) is 4.79. The van der Waals surface area contributed by atoms with Crippen molar-refractivity contribution in [1.82, 2.24) is 15.2 Å². The molecule has 0 aromatic carbocycles. The molecule has 3 N–H and O–H groups in total. The van der Waals surface area contributed by atoms with E-state index < -0.39 is 0 Å². The highest BCUT2D eigenvalue weighted by atomic mass is 15.2. The minimum atomic E-state index is 0.759. The molecule has 0 atom stereocenters. The average molecular weight is 194 g/mol. The number of rotatable bonds is 0. The van der Waals surface area contributed by atoms with Crippen LogP contribution in [0.4, 0.5) is 5.69 Å². The Hall–Kier alpha value is -1.13. The summed E-state index contributed by atoms with van der Waals surface area (Å²) in [6.07, 6.45) is 3.32. The van der Waals surface area contributed by atoms with E-state index in [0.29, 0.717) is 0 Å². The first-order valence-electron chi connectivity index (χ1n) is 4.84. The summed E-state index contributed by atoms with van der Waals surface area (Å²) in [4.78, 5) is 6.10. The largest absolute Gasteiger partial charge is 0.399 e. The monoisotopic (exact) mass is 194 g/mol. The van der Waals surface area contributed by atoms with E-state index in [0.717, 1.165) is 18.8 Å². The molecule has 0 spiro atoms. The van der Waals surface area contributed by atoms with Gasteiger partial charge in [0.1, 0.15) is 0 Å². The summed E-state index contributed by atoms with van der Waals surface area (Å²) in [7, 11) is 2.15. The van der Waals surface area contributed by atoms with Gasteiger partial charge in [0.2, 0.25) is 0 Å². The van der Waals surface area contributed by atoms with Gasteiger partial charge in [-0.3, -0.25) is 4.98 Å². The Labute approximate surface area is 85.1 Å². The van der Waals surface area contributed by atoms with Crippen LogP contribution < -0.4 is 11.1 Å². The van der Waals surface area contributed by atoms with Gasteiger partial charge in [-0.2, -0.15) is 0 Å². The van der Waals surface area contributed by atoms with Gasteiger partial charge in [0.15, 0.2) is 0 Å². The van der Waals surface area contributed by atoms with E-state index in [1.165, 1.54) is 13.1 Å². The standard InChI is InChI=1S/C5H12N2.C5H6N2/c1-7-4-2-6-3-5-7;6-5-1-3-7-4-2-5/h6H,2-5H2,1H3;1-4H,(H2,6,7). The van der Waals surface area contributed by atoms with E-state index in [-0.39, 0.29) is 0 Å². The number of nitrogens with two attached hydrogens (primary N) is 1. The second kappa shape index (κ2) is 6.34. The van der Waals surface area contributed by atoms with Crippen LogP contribution in [-0.2, 0) is 0 Å². The molecule has 0 unspecified atom stereocenters. The molecule has 4 nitrogen and oxygen atoms in total. The molecule has 0 amide bonds. The fourth-order valence-corrected chi connectivity index (χ4v) is 1.14. The predicted molar refractivity (Wildman–Crippen MR) is 59.0 cm³/mol. The van der Waals surface area contributed by atoms with Crippen molar-refractivity contribution < 1.29 is 0 Å². The van der Waals surface area contributed by atoms with Crippen molar-refractivity contribution in [2.75, 3.05) is 39.0 Å². The van der Waals surface area contributed by atoms with Crippen LogP contribution in [0, 0.1) is 0 Å². The first kappa shape index (κ1) is 10.9. The summed E-state index contributed by atoms with van der Waals surface area (Å²) in [6.45, 7) is 4.74. The Morgan fingerprint density at radius 1 is 1.29 bits per heavy atom. The van der Waals surface area contributed by atoms with Crippen molar-refractivity contribution in [3.05, 3.63) is 24.5 Å². The Bertz CT molecular complexity index is 231. The molecule has 1 fully saturated rings. The maximum Gasteiger partial charge on any atom is 0.0344 e. The number of nitrogens with one attached hydrogen (secondary N) is 1. The van der Waals surface area contributed by atoms with Crippen molar-refractivity contribution in [3.63, 3.8) is 0 Å². The predicted octanol–water partition coefficient (Wildman–Crippen LogP) is 0.185. The second-order valence-corrected chi connectivity index (χ2v) is 3.33. The number of aromatic nitrogens is 1. The van der Waals surface area contributed by atoms with E-state index in [1.54, 1.807) is 24.5 Å². The van der Waals surface area contributed by atoms with Gasteiger partial charge in [-0.15, -0.1) is 0 Å². The van der Waals surface area contributed by atoms with Crippen LogP contribution in [0.3, 0.4) is 0 Å². The summed E-state index contributed by atoms with van der Waals surface area (Å²) in [5.41, 5.74) is 6.08. The van der Waals surface area contributed by atoms with E-state index >= 15 is 0 Å². The molecule has 1 aliphatic heterocycles. The Balaban J connectivity index is 0.000000140. The van der Waals surface area contributed by atoms with Gasteiger partial charge in [-0.25, -0.2) is 0 Å². The van der Waals surface area contributed by atoms with Crippen molar-refractivity contribution in [2.45, 2.75) is 0 Å². The molecule has 1 aromatic rings. The quantitative estimate of drug-likeness (QED) is 0.619. The van der Waals surface area contributed by atoms with Crippen LogP contribution >= 0.6 is 0 Å². The second-order valence-electron chi connectivity index (χ2n) is 3.33. The number of nitrogen functional groups attached to an aromatic ring is 1. The molecule has 2 heterocycles. The van der Waals surface area contributed by atoms with Gasteiger partial charge in [0.25, 0.3) is 0 Å². The van der Waals surface area contributed by atoms with Gasteiger partial charge < -0.3 is 16.0 Å². The van der Waals surface area contributed by atoms with Crippen molar-refractivity contribution in [2.24, 2.45) is 0 Å². The molecule has 14 heavy (non-hydrogen) atoms. The van der Waals surface area contributed by atoms with Crippen LogP contribution in [0.25, 0.3) is 0 Å². The lowest BCUT2D eigenvalue weighted by molar-refractivity contribution is 0.291. The fourth-order valence-electron chi connectivity index (χ4n) is 1.14. The molecule has 0 saturated carbocycles. The third-order valence-electron chi connectivity index (χ3n) is 2.05. The number of hydrogen-bond acceptors (Lipinski definition) is 4. The number of hydrogen-bond donors (Lipinski definition) is 2. The first-order chi connectivity index (χ1) is 6.79. The van der Waals surface area contributed by atoms with E-state index in [1.807, 2.05) is 0 Å². The van der Waals surface area contributed by atoms with E-state index in [4.69, 9.17) is 5.73 Å². The molecule has 78 valence electrons. The highest BCUT2D eigenvalue weighted by molar-refractivity contribution is 5.33. The Morgan fingerprint density at radius 2 is 1.86 bits per heavy atom. The molecule has 0 radical (unpaired) electrons. The lowest BCUT2D eigenvalue weighted by atomic mass is 10.4. The molecule has 1 aromatic heterocycles. The zero-order chi connectivity index (χ0) is 10.2. The lowest BCUT2D eigenvalue weighted by Crippen LogP contribution is -2.40. The van der Waals surface area contributed by atoms with Gasteiger partial charge >= 0.3 is 0 Å². The summed E-state index contributed by atoms with van der Waals surface area (Å²) in [5.74, 6) is 0. The maximum atomic E-state index is 5.32. The van der Waals surface area contributed by atoms with Crippen molar-refractivity contribution in [1.29, 1.82) is 0 Å². The molecule has 4 heteroatoms.